The minimum atomic E-state index is -0.193. The fourth-order valence-electron chi connectivity index (χ4n) is 2.41. The summed E-state index contributed by atoms with van der Waals surface area (Å²) in [7, 11) is 0. The molecule has 0 saturated carbocycles. The standard InChI is InChI=1S/C10H13NO2S/c1-6-3-8(4-11(12)13)10-9(6)7(2)5-14-10/h5-6,8H,3-4H2,1-2H3. The average Bonchev–Trinajstić information content (AvgIpc) is 2.56. The Morgan fingerprint density at radius 1 is 1.71 bits per heavy atom. The van der Waals surface area contributed by atoms with Crippen LogP contribution in [-0.2, 0) is 0 Å². The molecule has 4 heteroatoms. The first-order valence-electron chi connectivity index (χ1n) is 4.79. The maximum Gasteiger partial charge on any atom is 0.211 e. The fourth-order valence-corrected chi connectivity index (χ4v) is 3.69. The molecular weight excluding hydrogens is 198 g/mol. The second-order valence-corrected chi connectivity index (χ2v) is 4.96. The first-order chi connectivity index (χ1) is 6.59. The first kappa shape index (κ1) is 9.65. The van der Waals surface area contributed by atoms with Gasteiger partial charge in [0.25, 0.3) is 0 Å². The van der Waals surface area contributed by atoms with Crippen LogP contribution < -0.4 is 0 Å². The Morgan fingerprint density at radius 3 is 3.07 bits per heavy atom. The summed E-state index contributed by atoms with van der Waals surface area (Å²) in [6, 6.07) is 0. The predicted molar refractivity (Wildman–Crippen MR) is 56.7 cm³/mol. The third-order valence-corrected chi connectivity index (χ3v) is 4.20. The molecule has 0 radical (unpaired) electrons. The quantitative estimate of drug-likeness (QED) is 0.557. The van der Waals surface area contributed by atoms with Gasteiger partial charge < -0.3 is 0 Å². The second kappa shape index (κ2) is 3.35. The molecule has 3 nitrogen and oxygen atoms in total. The molecular formula is C10H13NO2S. The van der Waals surface area contributed by atoms with E-state index >= 15 is 0 Å². The number of fused-ring (bicyclic) bond motifs is 1. The van der Waals surface area contributed by atoms with Gasteiger partial charge in [0.1, 0.15) is 0 Å². The van der Waals surface area contributed by atoms with Crippen LogP contribution in [0.15, 0.2) is 5.38 Å². The van der Waals surface area contributed by atoms with E-state index in [1.54, 1.807) is 11.3 Å². The second-order valence-electron chi connectivity index (χ2n) is 4.05. The van der Waals surface area contributed by atoms with Gasteiger partial charge >= 0.3 is 0 Å². The van der Waals surface area contributed by atoms with Crippen LogP contribution in [0.4, 0.5) is 0 Å². The molecule has 2 atom stereocenters. The van der Waals surface area contributed by atoms with E-state index in [-0.39, 0.29) is 17.4 Å². The van der Waals surface area contributed by atoms with Crippen molar-refractivity contribution >= 4 is 11.3 Å². The molecule has 0 bridgehead atoms. The SMILES string of the molecule is Cc1csc2c1C(C)CC2C[N+](=O)[O-]. The Hall–Kier alpha value is -0.900. The lowest BCUT2D eigenvalue weighted by Gasteiger charge is -2.04. The van der Waals surface area contributed by atoms with Gasteiger partial charge in [-0.15, -0.1) is 11.3 Å². The van der Waals surface area contributed by atoms with Crippen molar-refractivity contribution in [2.75, 3.05) is 6.54 Å². The van der Waals surface area contributed by atoms with Crippen molar-refractivity contribution in [2.45, 2.75) is 32.1 Å². The lowest BCUT2D eigenvalue weighted by molar-refractivity contribution is -0.483. The van der Waals surface area contributed by atoms with Crippen molar-refractivity contribution in [1.29, 1.82) is 0 Å². The van der Waals surface area contributed by atoms with E-state index in [4.69, 9.17) is 0 Å². The minimum absolute atomic E-state index is 0.0945. The zero-order chi connectivity index (χ0) is 10.3. The van der Waals surface area contributed by atoms with Gasteiger partial charge in [-0.3, -0.25) is 10.1 Å². The third-order valence-electron chi connectivity index (χ3n) is 2.92. The Balaban J connectivity index is 2.30. The van der Waals surface area contributed by atoms with Crippen molar-refractivity contribution in [3.05, 3.63) is 31.5 Å². The van der Waals surface area contributed by atoms with Gasteiger partial charge in [0, 0.05) is 9.80 Å². The molecule has 0 fully saturated rings. The molecule has 2 rings (SSSR count). The van der Waals surface area contributed by atoms with Gasteiger partial charge in [0.05, 0.1) is 5.92 Å². The molecule has 0 amide bonds. The maximum atomic E-state index is 10.5. The number of aryl methyl sites for hydroxylation is 1. The monoisotopic (exact) mass is 211 g/mol. The molecule has 0 spiro atoms. The summed E-state index contributed by atoms with van der Waals surface area (Å²) in [6.07, 6.45) is 0.948. The van der Waals surface area contributed by atoms with E-state index in [9.17, 15) is 10.1 Å². The Kier molecular flexibility index (Phi) is 2.31. The van der Waals surface area contributed by atoms with Gasteiger partial charge in [-0.05, 0) is 35.8 Å². The smallest absolute Gasteiger partial charge is 0.211 e. The highest BCUT2D eigenvalue weighted by molar-refractivity contribution is 7.10. The maximum absolute atomic E-state index is 10.5. The van der Waals surface area contributed by atoms with Crippen molar-refractivity contribution in [1.82, 2.24) is 0 Å². The molecule has 76 valence electrons. The Bertz CT molecular complexity index is 372. The molecule has 0 aliphatic heterocycles. The molecule has 1 aromatic rings. The predicted octanol–water partition coefficient (Wildman–Crippen LogP) is 2.92. The van der Waals surface area contributed by atoms with Crippen LogP contribution >= 0.6 is 11.3 Å². The molecule has 14 heavy (non-hydrogen) atoms. The van der Waals surface area contributed by atoms with Gasteiger partial charge in [0.15, 0.2) is 0 Å². The number of nitro groups is 1. The summed E-state index contributed by atoms with van der Waals surface area (Å²) in [4.78, 5) is 11.6. The topological polar surface area (TPSA) is 43.1 Å². The van der Waals surface area contributed by atoms with E-state index in [0.717, 1.165) is 6.42 Å². The van der Waals surface area contributed by atoms with Crippen LogP contribution in [0.25, 0.3) is 0 Å². The summed E-state index contributed by atoms with van der Waals surface area (Å²) in [5.74, 6) is 0.662. The normalized spacial score (nSPS) is 25.0. The highest BCUT2D eigenvalue weighted by Gasteiger charge is 2.33. The summed E-state index contributed by atoms with van der Waals surface area (Å²) in [5.41, 5.74) is 2.69. The first-order valence-corrected chi connectivity index (χ1v) is 5.67. The van der Waals surface area contributed by atoms with E-state index in [0.29, 0.717) is 5.92 Å². The van der Waals surface area contributed by atoms with Gasteiger partial charge in [-0.1, -0.05) is 6.92 Å². The molecule has 1 aromatic heterocycles. The summed E-state index contributed by atoms with van der Waals surface area (Å²) < 4.78 is 0. The van der Waals surface area contributed by atoms with Crippen molar-refractivity contribution in [3.8, 4) is 0 Å². The van der Waals surface area contributed by atoms with Gasteiger partial charge in [-0.2, -0.15) is 0 Å². The summed E-state index contributed by atoms with van der Waals surface area (Å²) in [6.45, 7) is 4.36. The molecule has 0 saturated heterocycles. The molecule has 0 N–H and O–H groups in total. The molecule has 0 aromatic carbocycles. The molecule has 1 heterocycles. The van der Waals surface area contributed by atoms with Gasteiger partial charge in [0.2, 0.25) is 6.54 Å². The van der Waals surface area contributed by atoms with Crippen LogP contribution in [0.3, 0.4) is 0 Å². The number of hydrogen-bond donors (Lipinski definition) is 0. The van der Waals surface area contributed by atoms with Crippen LogP contribution in [0.2, 0.25) is 0 Å². The highest BCUT2D eigenvalue weighted by atomic mass is 32.1. The number of rotatable bonds is 2. The Morgan fingerprint density at radius 2 is 2.43 bits per heavy atom. The fraction of sp³-hybridized carbons (Fsp3) is 0.600. The van der Waals surface area contributed by atoms with Crippen molar-refractivity contribution < 1.29 is 4.92 Å². The summed E-state index contributed by atoms with van der Waals surface area (Å²) >= 11 is 1.69. The lowest BCUT2D eigenvalue weighted by Crippen LogP contribution is -2.09. The number of nitrogens with zero attached hydrogens (tertiary/aromatic N) is 1. The highest BCUT2D eigenvalue weighted by Crippen LogP contribution is 2.46. The molecule has 1 aliphatic rings. The van der Waals surface area contributed by atoms with Crippen LogP contribution in [0.5, 0.6) is 0 Å². The molecule has 2 unspecified atom stereocenters. The summed E-state index contributed by atoms with van der Waals surface area (Å²) in [5, 5.41) is 12.6. The van der Waals surface area contributed by atoms with E-state index in [2.05, 4.69) is 19.2 Å². The zero-order valence-corrected chi connectivity index (χ0v) is 9.13. The van der Waals surface area contributed by atoms with Crippen LogP contribution in [-0.4, -0.2) is 11.5 Å². The zero-order valence-electron chi connectivity index (χ0n) is 8.32. The van der Waals surface area contributed by atoms with E-state index in [1.807, 2.05) is 0 Å². The molecule has 1 aliphatic carbocycles. The Labute approximate surface area is 86.9 Å². The minimum Gasteiger partial charge on any atom is -0.265 e. The number of thiophene rings is 1. The van der Waals surface area contributed by atoms with E-state index < -0.39 is 0 Å². The van der Waals surface area contributed by atoms with E-state index in [1.165, 1.54) is 16.0 Å². The van der Waals surface area contributed by atoms with Crippen LogP contribution in [0, 0.1) is 17.0 Å². The third kappa shape index (κ3) is 1.43. The largest absolute Gasteiger partial charge is 0.265 e. The van der Waals surface area contributed by atoms with Gasteiger partial charge in [-0.25, -0.2) is 0 Å². The lowest BCUT2D eigenvalue weighted by atomic mass is 10.0. The number of hydrogen-bond acceptors (Lipinski definition) is 3. The van der Waals surface area contributed by atoms with Crippen LogP contribution in [0.1, 0.15) is 41.2 Å². The van der Waals surface area contributed by atoms with Crippen molar-refractivity contribution in [2.24, 2.45) is 0 Å². The average molecular weight is 211 g/mol. The van der Waals surface area contributed by atoms with Crippen molar-refractivity contribution in [3.63, 3.8) is 0 Å².